The molecule has 1 saturated heterocycles. The summed E-state index contributed by atoms with van der Waals surface area (Å²) in [5.41, 5.74) is 1.32. The van der Waals surface area contributed by atoms with E-state index < -0.39 is 0 Å². The van der Waals surface area contributed by atoms with Crippen LogP contribution in [0.2, 0.25) is 0 Å². The van der Waals surface area contributed by atoms with Gasteiger partial charge in [0, 0.05) is 19.3 Å². The maximum Gasteiger partial charge on any atom is 0.128 e. The van der Waals surface area contributed by atoms with Gasteiger partial charge in [-0.05, 0) is 24.0 Å². The summed E-state index contributed by atoms with van der Waals surface area (Å²) in [6, 6.07) is 4.32. The first-order valence-electron chi connectivity index (χ1n) is 4.98. The number of aromatic nitrogens is 1. The summed E-state index contributed by atoms with van der Waals surface area (Å²) in [5, 5.41) is 0. The zero-order valence-corrected chi connectivity index (χ0v) is 8.33. The molecule has 0 bridgehead atoms. The second-order valence-electron chi connectivity index (χ2n) is 3.95. The molecule has 1 aliphatic rings. The Labute approximate surface area is 79.6 Å². The highest BCUT2D eigenvalue weighted by atomic mass is 15.2. The van der Waals surface area contributed by atoms with Crippen LogP contribution < -0.4 is 4.90 Å². The number of hydrogen-bond donors (Lipinski definition) is 0. The van der Waals surface area contributed by atoms with Crippen LogP contribution in [0.3, 0.4) is 0 Å². The number of anilines is 1. The van der Waals surface area contributed by atoms with Crippen molar-refractivity contribution in [2.45, 2.75) is 26.2 Å². The van der Waals surface area contributed by atoms with Gasteiger partial charge in [0.1, 0.15) is 5.82 Å². The molecule has 0 saturated carbocycles. The van der Waals surface area contributed by atoms with Crippen molar-refractivity contribution in [3.63, 3.8) is 0 Å². The number of pyridine rings is 1. The molecule has 13 heavy (non-hydrogen) atoms. The molecule has 0 unspecified atom stereocenters. The summed E-state index contributed by atoms with van der Waals surface area (Å²) < 4.78 is 0. The minimum Gasteiger partial charge on any atom is -0.356 e. The van der Waals surface area contributed by atoms with Gasteiger partial charge >= 0.3 is 0 Å². The zero-order chi connectivity index (χ0) is 9.26. The summed E-state index contributed by atoms with van der Waals surface area (Å²) in [4.78, 5) is 6.76. The van der Waals surface area contributed by atoms with Crippen molar-refractivity contribution in [3.8, 4) is 0 Å². The van der Waals surface area contributed by atoms with Crippen LogP contribution in [0, 0.1) is 0 Å². The first kappa shape index (κ1) is 8.54. The van der Waals surface area contributed by atoms with E-state index in [1.807, 2.05) is 6.20 Å². The van der Waals surface area contributed by atoms with Crippen molar-refractivity contribution < 1.29 is 0 Å². The third kappa shape index (κ3) is 1.67. The highest BCUT2D eigenvalue weighted by molar-refractivity contribution is 5.41. The molecule has 1 aromatic heterocycles. The van der Waals surface area contributed by atoms with Crippen molar-refractivity contribution in [1.29, 1.82) is 0 Å². The average molecular weight is 176 g/mol. The van der Waals surface area contributed by atoms with Crippen LogP contribution >= 0.6 is 0 Å². The lowest BCUT2D eigenvalue weighted by atomic mass is 10.1. The molecular formula is C11H16N2. The van der Waals surface area contributed by atoms with Crippen LogP contribution in [0.1, 0.15) is 31.7 Å². The van der Waals surface area contributed by atoms with Gasteiger partial charge in [0.15, 0.2) is 0 Å². The molecule has 0 aromatic carbocycles. The van der Waals surface area contributed by atoms with Gasteiger partial charge in [0.2, 0.25) is 0 Å². The van der Waals surface area contributed by atoms with E-state index in [-0.39, 0.29) is 0 Å². The number of rotatable bonds is 2. The second kappa shape index (κ2) is 3.36. The molecule has 0 atom stereocenters. The number of nitrogens with zero attached hydrogens (tertiary/aromatic N) is 2. The summed E-state index contributed by atoms with van der Waals surface area (Å²) in [6.07, 6.45) is 3.31. The molecule has 0 aliphatic carbocycles. The van der Waals surface area contributed by atoms with Gasteiger partial charge in [-0.1, -0.05) is 19.9 Å². The van der Waals surface area contributed by atoms with Crippen LogP contribution in [0.15, 0.2) is 18.3 Å². The lowest BCUT2D eigenvalue weighted by Crippen LogP contribution is -2.37. The highest BCUT2D eigenvalue weighted by Gasteiger charge is 2.15. The summed E-state index contributed by atoms with van der Waals surface area (Å²) in [5.74, 6) is 1.72. The third-order valence-corrected chi connectivity index (χ3v) is 2.62. The van der Waals surface area contributed by atoms with Crippen LogP contribution in [0.25, 0.3) is 0 Å². The molecule has 0 N–H and O–H groups in total. The molecule has 2 rings (SSSR count). The Hall–Kier alpha value is -1.05. The monoisotopic (exact) mass is 176 g/mol. The molecule has 2 heteroatoms. The Kier molecular flexibility index (Phi) is 2.21. The molecule has 1 aliphatic heterocycles. The van der Waals surface area contributed by atoms with E-state index in [4.69, 9.17) is 0 Å². The first-order chi connectivity index (χ1) is 6.27. The fourth-order valence-electron chi connectivity index (χ4n) is 1.47. The van der Waals surface area contributed by atoms with Crippen LogP contribution in [0.4, 0.5) is 5.82 Å². The predicted molar refractivity (Wildman–Crippen MR) is 55.2 cm³/mol. The third-order valence-electron chi connectivity index (χ3n) is 2.62. The van der Waals surface area contributed by atoms with E-state index in [1.54, 1.807) is 0 Å². The molecule has 2 nitrogen and oxygen atoms in total. The van der Waals surface area contributed by atoms with Crippen LogP contribution in [-0.4, -0.2) is 18.1 Å². The van der Waals surface area contributed by atoms with Gasteiger partial charge in [0.05, 0.1) is 0 Å². The number of hydrogen-bond acceptors (Lipinski definition) is 2. The van der Waals surface area contributed by atoms with Gasteiger partial charge in [-0.25, -0.2) is 4.98 Å². The topological polar surface area (TPSA) is 16.1 Å². The molecule has 0 spiro atoms. The van der Waals surface area contributed by atoms with E-state index in [2.05, 4.69) is 35.9 Å². The smallest absolute Gasteiger partial charge is 0.128 e. The van der Waals surface area contributed by atoms with E-state index in [0.29, 0.717) is 5.92 Å². The molecule has 70 valence electrons. The van der Waals surface area contributed by atoms with Crippen molar-refractivity contribution in [3.05, 3.63) is 23.9 Å². The summed E-state index contributed by atoms with van der Waals surface area (Å²) >= 11 is 0. The highest BCUT2D eigenvalue weighted by Crippen LogP contribution is 2.20. The standard InChI is InChI=1S/C11H16N2/c1-9(2)10-4-5-11(12-8-10)13-6-3-7-13/h4-5,8-9H,3,6-7H2,1-2H3. The molecule has 0 amide bonds. The van der Waals surface area contributed by atoms with Gasteiger partial charge in [-0.3, -0.25) is 0 Å². The molecule has 2 heterocycles. The minimum atomic E-state index is 0.581. The van der Waals surface area contributed by atoms with Crippen molar-refractivity contribution in [2.75, 3.05) is 18.0 Å². The maximum absolute atomic E-state index is 4.45. The van der Waals surface area contributed by atoms with E-state index in [9.17, 15) is 0 Å². The summed E-state index contributed by atoms with van der Waals surface area (Å²) in [6.45, 7) is 6.74. The predicted octanol–water partition coefficient (Wildman–Crippen LogP) is 2.42. The largest absolute Gasteiger partial charge is 0.356 e. The SMILES string of the molecule is CC(C)c1ccc(N2CCC2)nc1. The molecule has 0 radical (unpaired) electrons. The van der Waals surface area contributed by atoms with Gasteiger partial charge in [-0.15, -0.1) is 0 Å². The van der Waals surface area contributed by atoms with Crippen LogP contribution in [-0.2, 0) is 0 Å². The van der Waals surface area contributed by atoms with Crippen molar-refractivity contribution in [2.24, 2.45) is 0 Å². The Morgan fingerprint density at radius 2 is 2.08 bits per heavy atom. The lowest BCUT2D eigenvalue weighted by molar-refractivity contribution is 0.609. The first-order valence-corrected chi connectivity index (χ1v) is 4.98. The lowest BCUT2D eigenvalue weighted by Gasteiger charge is -2.32. The zero-order valence-electron chi connectivity index (χ0n) is 8.33. The maximum atomic E-state index is 4.45. The Bertz CT molecular complexity index is 273. The second-order valence-corrected chi connectivity index (χ2v) is 3.95. The van der Waals surface area contributed by atoms with Gasteiger partial charge in [-0.2, -0.15) is 0 Å². The van der Waals surface area contributed by atoms with Gasteiger partial charge in [0.25, 0.3) is 0 Å². The normalized spacial score (nSPS) is 16.1. The quantitative estimate of drug-likeness (QED) is 0.688. The molecular weight excluding hydrogens is 160 g/mol. The fraction of sp³-hybridized carbons (Fsp3) is 0.545. The molecule has 1 aromatic rings. The minimum absolute atomic E-state index is 0.581. The van der Waals surface area contributed by atoms with Crippen molar-refractivity contribution in [1.82, 2.24) is 4.98 Å². The Morgan fingerprint density at radius 1 is 1.31 bits per heavy atom. The fourth-order valence-corrected chi connectivity index (χ4v) is 1.47. The van der Waals surface area contributed by atoms with Gasteiger partial charge < -0.3 is 4.90 Å². The Morgan fingerprint density at radius 3 is 2.46 bits per heavy atom. The summed E-state index contributed by atoms with van der Waals surface area (Å²) in [7, 11) is 0. The van der Waals surface area contributed by atoms with Crippen molar-refractivity contribution >= 4 is 5.82 Å². The molecule has 1 fully saturated rings. The van der Waals surface area contributed by atoms with E-state index in [0.717, 1.165) is 5.82 Å². The Balaban J connectivity index is 2.13. The van der Waals surface area contributed by atoms with E-state index >= 15 is 0 Å². The average Bonchev–Trinajstić information content (AvgIpc) is 2.02. The van der Waals surface area contributed by atoms with E-state index in [1.165, 1.54) is 25.1 Å². The van der Waals surface area contributed by atoms with Crippen LogP contribution in [0.5, 0.6) is 0 Å².